The van der Waals surface area contributed by atoms with Crippen molar-refractivity contribution in [1.82, 2.24) is 9.62 Å². The fraction of sp³-hybridized carbons (Fsp3) is 0.667. The molecule has 8 heteroatoms. The molecule has 0 saturated carbocycles. The number of carbonyl (C=O) groups is 1. The van der Waals surface area contributed by atoms with E-state index in [2.05, 4.69) is 5.32 Å². The summed E-state index contributed by atoms with van der Waals surface area (Å²) in [5.41, 5.74) is 0. The summed E-state index contributed by atoms with van der Waals surface area (Å²) in [6.45, 7) is 2.02. The average molecular weight is 358 g/mol. The molecule has 2 aliphatic heterocycles. The number of nitrogens with one attached hydrogen (secondary N) is 1. The lowest BCUT2D eigenvalue weighted by atomic mass is 9.99. The van der Waals surface area contributed by atoms with Crippen LogP contribution in [0.3, 0.4) is 0 Å². The zero-order valence-corrected chi connectivity index (χ0v) is 14.6. The minimum absolute atomic E-state index is 0.0634. The second-order valence-corrected chi connectivity index (χ2v) is 9.13. The van der Waals surface area contributed by atoms with Gasteiger partial charge in [-0.3, -0.25) is 4.79 Å². The molecule has 2 saturated heterocycles. The van der Waals surface area contributed by atoms with Crippen molar-refractivity contribution in [3.63, 3.8) is 0 Å². The van der Waals surface area contributed by atoms with Crippen molar-refractivity contribution in [2.75, 3.05) is 26.2 Å². The first-order chi connectivity index (χ1) is 11.1. The lowest BCUT2D eigenvalue weighted by Gasteiger charge is -2.31. The average Bonchev–Trinajstić information content (AvgIpc) is 3.26. The van der Waals surface area contributed by atoms with Crippen LogP contribution in [0.5, 0.6) is 0 Å². The van der Waals surface area contributed by atoms with E-state index >= 15 is 0 Å². The SMILES string of the molecule is O=C(NC[C@H]1CCCO1)[C@H]1CCCN(S(=O)(=O)c2cccs2)C1. The van der Waals surface area contributed by atoms with Crippen LogP contribution in [0.2, 0.25) is 0 Å². The third-order valence-electron chi connectivity index (χ3n) is 4.37. The first-order valence-corrected chi connectivity index (χ1v) is 10.3. The largest absolute Gasteiger partial charge is 0.376 e. The predicted molar refractivity (Wildman–Crippen MR) is 87.8 cm³/mol. The van der Waals surface area contributed by atoms with E-state index < -0.39 is 10.0 Å². The van der Waals surface area contributed by atoms with Gasteiger partial charge < -0.3 is 10.1 Å². The van der Waals surface area contributed by atoms with Crippen LogP contribution in [0.25, 0.3) is 0 Å². The Bertz CT molecular complexity index is 624. The highest BCUT2D eigenvalue weighted by molar-refractivity contribution is 7.91. The predicted octanol–water partition coefficient (Wildman–Crippen LogP) is 1.44. The molecule has 3 heterocycles. The van der Waals surface area contributed by atoms with Crippen LogP contribution in [0.4, 0.5) is 0 Å². The summed E-state index contributed by atoms with van der Waals surface area (Å²) in [5.74, 6) is -0.341. The van der Waals surface area contributed by atoms with Crippen LogP contribution in [0.15, 0.2) is 21.7 Å². The van der Waals surface area contributed by atoms with Crippen LogP contribution < -0.4 is 5.32 Å². The van der Waals surface area contributed by atoms with Crippen molar-refractivity contribution in [2.24, 2.45) is 5.92 Å². The molecule has 0 unspecified atom stereocenters. The number of hydrogen-bond donors (Lipinski definition) is 1. The van der Waals surface area contributed by atoms with Gasteiger partial charge in [-0.2, -0.15) is 4.31 Å². The fourth-order valence-corrected chi connectivity index (χ4v) is 5.74. The molecule has 2 fully saturated rings. The van der Waals surface area contributed by atoms with Gasteiger partial charge in [-0.25, -0.2) is 8.42 Å². The van der Waals surface area contributed by atoms with Crippen LogP contribution in [0, 0.1) is 5.92 Å². The van der Waals surface area contributed by atoms with Gasteiger partial charge in [0.25, 0.3) is 10.0 Å². The van der Waals surface area contributed by atoms with Gasteiger partial charge >= 0.3 is 0 Å². The highest BCUT2D eigenvalue weighted by Gasteiger charge is 2.34. The molecule has 1 N–H and O–H groups in total. The molecule has 2 atom stereocenters. The number of sulfonamides is 1. The second-order valence-electron chi connectivity index (χ2n) is 6.01. The lowest BCUT2D eigenvalue weighted by Crippen LogP contribution is -2.46. The first kappa shape index (κ1) is 16.9. The van der Waals surface area contributed by atoms with Gasteiger partial charge in [0.05, 0.1) is 12.0 Å². The van der Waals surface area contributed by atoms with E-state index in [9.17, 15) is 13.2 Å². The molecule has 1 aromatic heterocycles. The summed E-state index contributed by atoms with van der Waals surface area (Å²) < 4.78 is 32.4. The molecule has 6 nitrogen and oxygen atoms in total. The number of piperidine rings is 1. The fourth-order valence-electron chi connectivity index (χ4n) is 3.08. The number of rotatable bonds is 5. The van der Waals surface area contributed by atoms with E-state index in [1.165, 1.54) is 15.6 Å². The van der Waals surface area contributed by atoms with Crippen molar-refractivity contribution in [3.05, 3.63) is 17.5 Å². The third kappa shape index (κ3) is 3.93. The van der Waals surface area contributed by atoms with Crippen LogP contribution in [-0.2, 0) is 19.6 Å². The maximum atomic E-state index is 12.6. The molecule has 128 valence electrons. The number of hydrogen-bond acceptors (Lipinski definition) is 5. The maximum Gasteiger partial charge on any atom is 0.252 e. The van der Waals surface area contributed by atoms with Crippen molar-refractivity contribution < 1.29 is 17.9 Å². The number of thiophene rings is 1. The molecule has 0 aliphatic carbocycles. The molecular weight excluding hydrogens is 336 g/mol. The molecule has 3 rings (SSSR count). The van der Waals surface area contributed by atoms with Crippen LogP contribution in [-0.4, -0.2) is 51.0 Å². The Kier molecular flexibility index (Phi) is 5.35. The molecule has 2 aliphatic rings. The number of amides is 1. The molecule has 0 spiro atoms. The number of carbonyl (C=O) groups excluding carboxylic acids is 1. The van der Waals surface area contributed by atoms with E-state index in [0.717, 1.165) is 25.9 Å². The van der Waals surface area contributed by atoms with E-state index in [0.29, 0.717) is 23.7 Å². The van der Waals surface area contributed by atoms with Gasteiger partial charge in [-0.15, -0.1) is 11.3 Å². The highest BCUT2D eigenvalue weighted by Crippen LogP contribution is 2.26. The first-order valence-electron chi connectivity index (χ1n) is 8.00. The Labute approximate surface area is 140 Å². The maximum absolute atomic E-state index is 12.6. The van der Waals surface area contributed by atoms with Gasteiger partial charge in [-0.1, -0.05) is 6.07 Å². The molecule has 1 amide bonds. The Morgan fingerprint density at radius 2 is 2.26 bits per heavy atom. The summed E-state index contributed by atoms with van der Waals surface area (Å²) in [7, 11) is -3.47. The summed E-state index contributed by atoms with van der Waals surface area (Å²) >= 11 is 1.21. The Morgan fingerprint density at radius 3 is 2.96 bits per heavy atom. The normalized spacial score (nSPS) is 26.3. The van der Waals surface area contributed by atoms with Gasteiger partial charge in [0, 0.05) is 26.2 Å². The minimum atomic E-state index is -3.47. The Hall–Kier alpha value is -0.960. The van der Waals surface area contributed by atoms with Crippen LogP contribution in [0.1, 0.15) is 25.7 Å². The second kappa shape index (κ2) is 7.29. The van der Waals surface area contributed by atoms with E-state index in [-0.39, 0.29) is 24.5 Å². The van der Waals surface area contributed by atoms with Crippen molar-refractivity contribution in [3.8, 4) is 0 Å². The molecule has 0 aromatic carbocycles. The summed E-state index contributed by atoms with van der Waals surface area (Å²) in [4.78, 5) is 12.3. The lowest BCUT2D eigenvalue weighted by molar-refractivity contribution is -0.126. The Morgan fingerprint density at radius 1 is 1.39 bits per heavy atom. The van der Waals surface area contributed by atoms with Crippen LogP contribution >= 0.6 is 11.3 Å². The summed E-state index contributed by atoms with van der Waals surface area (Å²) in [6.07, 6.45) is 3.56. The van der Waals surface area contributed by atoms with E-state index in [1.54, 1.807) is 17.5 Å². The smallest absolute Gasteiger partial charge is 0.252 e. The minimum Gasteiger partial charge on any atom is -0.376 e. The van der Waals surface area contributed by atoms with E-state index in [4.69, 9.17) is 4.74 Å². The molecule has 1 aromatic rings. The monoisotopic (exact) mass is 358 g/mol. The van der Waals surface area contributed by atoms with Crippen molar-refractivity contribution in [1.29, 1.82) is 0 Å². The Balaban J connectivity index is 1.58. The van der Waals surface area contributed by atoms with Crippen molar-refractivity contribution >= 4 is 27.3 Å². The number of ether oxygens (including phenoxy) is 1. The standard InChI is InChI=1S/C15H22N2O4S2/c18-15(16-10-13-5-2-8-21-13)12-4-1-7-17(11-12)23(19,20)14-6-3-9-22-14/h3,6,9,12-13H,1-2,4-5,7-8,10-11H2,(H,16,18)/t12-,13+/m0/s1. The summed E-state index contributed by atoms with van der Waals surface area (Å²) in [5, 5.41) is 4.67. The van der Waals surface area contributed by atoms with E-state index in [1.807, 2.05) is 0 Å². The molecular formula is C15H22N2O4S2. The topological polar surface area (TPSA) is 75.7 Å². The molecule has 0 radical (unpaired) electrons. The molecule has 0 bridgehead atoms. The highest BCUT2D eigenvalue weighted by atomic mass is 32.2. The quantitative estimate of drug-likeness (QED) is 0.864. The van der Waals surface area contributed by atoms with Gasteiger partial charge in [0.1, 0.15) is 4.21 Å². The number of nitrogens with zero attached hydrogens (tertiary/aromatic N) is 1. The van der Waals surface area contributed by atoms with Gasteiger partial charge in [0.15, 0.2) is 0 Å². The zero-order valence-electron chi connectivity index (χ0n) is 12.9. The zero-order chi connectivity index (χ0) is 16.3. The summed E-state index contributed by atoms with van der Waals surface area (Å²) in [6, 6.07) is 3.34. The van der Waals surface area contributed by atoms with Gasteiger partial charge in [0.2, 0.25) is 5.91 Å². The van der Waals surface area contributed by atoms with Crippen molar-refractivity contribution in [2.45, 2.75) is 36.0 Å². The van der Waals surface area contributed by atoms with Gasteiger partial charge in [-0.05, 0) is 37.1 Å². The third-order valence-corrected chi connectivity index (χ3v) is 7.61. The molecule has 23 heavy (non-hydrogen) atoms.